The summed E-state index contributed by atoms with van der Waals surface area (Å²) in [6, 6.07) is 0.216. The van der Waals surface area contributed by atoms with Crippen LogP contribution in [0, 0.1) is 5.41 Å². The van der Waals surface area contributed by atoms with Crippen LogP contribution in [0.15, 0.2) is 5.16 Å². The van der Waals surface area contributed by atoms with E-state index in [0.717, 1.165) is 25.7 Å². The monoisotopic (exact) mass is 255 g/mol. The molecule has 102 valence electrons. The smallest absolute Gasteiger partial charge is 0.236 e. The molecule has 2 saturated carbocycles. The maximum atomic E-state index is 12.6. The summed E-state index contributed by atoms with van der Waals surface area (Å²) in [5.41, 5.74) is 4.88. The molecule has 0 aromatic rings. The van der Waals surface area contributed by atoms with Crippen molar-refractivity contribution in [2.24, 2.45) is 16.3 Å². The summed E-state index contributed by atoms with van der Waals surface area (Å²) in [5.74, 6) is -0.0659. The zero-order chi connectivity index (χ0) is 13.2. The highest BCUT2D eigenvalue weighted by molar-refractivity contribution is 6.07. The van der Waals surface area contributed by atoms with Gasteiger partial charge in [-0.05, 0) is 32.1 Å². The number of hydrogen-bond acceptors (Lipinski definition) is 4. The molecule has 6 nitrogen and oxygen atoms in total. The second-order valence-electron chi connectivity index (χ2n) is 5.23. The molecule has 0 aromatic heterocycles. The lowest BCUT2D eigenvalue weighted by atomic mass is 9.66. The molecule has 0 unspecified atom stereocenters. The van der Waals surface area contributed by atoms with Crippen LogP contribution in [0.1, 0.15) is 38.5 Å². The van der Waals surface area contributed by atoms with Crippen LogP contribution in [0.4, 0.5) is 0 Å². The fraction of sp³-hybridized carbons (Fsp3) is 0.833. The predicted octanol–water partition coefficient (Wildman–Crippen LogP) is 0.276. The number of nitrogens with two attached hydrogens (primary N) is 1. The van der Waals surface area contributed by atoms with Crippen molar-refractivity contribution in [2.75, 3.05) is 13.2 Å². The van der Waals surface area contributed by atoms with Crippen molar-refractivity contribution in [3.8, 4) is 0 Å². The first-order chi connectivity index (χ1) is 8.65. The van der Waals surface area contributed by atoms with Crippen molar-refractivity contribution in [3.63, 3.8) is 0 Å². The molecule has 0 spiro atoms. The van der Waals surface area contributed by atoms with Crippen molar-refractivity contribution in [1.29, 1.82) is 0 Å². The van der Waals surface area contributed by atoms with Gasteiger partial charge in [0, 0.05) is 12.6 Å². The largest absolute Gasteiger partial charge is 0.409 e. The molecule has 0 atom stereocenters. The Balaban J connectivity index is 2.15. The first kappa shape index (κ1) is 13.1. The molecule has 2 rings (SSSR count). The lowest BCUT2D eigenvalue weighted by Gasteiger charge is -2.46. The predicted molar refractivity (Wildman–Crippen MR) is 66.1 cm³/mol. The average molecular weight is 255 g/mol. The molecule has 0 aliphatic heterocycles. The molecular weight excluding hydrogens is 234 g/mol. The highest BCUT2D eigenvalue weighted by Gasteiger charge is 2.51. The van der Waals surface area contributed by atoms with Gasteiger partial charge < -0.3 is 20.9 Å². The fourth-order valence-electron chi connectivity index (χ4n) is 2.74. The molecule has 2 aliphatic carbocycles. The van der Waals surface area contributed by atoms with Gasteiger partial charge in [-0.2, -0.15) is 0 Å². The van der Waals surface area contributed by atoms with E-state index in [1.165, 1.54) is 0 Å². The SMILES string of the molecule is NC(=NO)C1(C(=O)N(CCO)C2CCC2)CCC1. The number of oxime groups is 1. The van der Waals surface area contributed by atoms with E-state index in [1.807, 2.05) is 0 Å². The summed E-state index contributed by atoms with van der Waals surface area (Å²) >= 11 is 0. The number of carbonyl (C=O) groups is 1. The van der Waals surface area contributed by atoms with Crippen LogP contribution in [0.25, 0.3) is 0 Å². The van der Waals surface area contributed by atoms with Crippen LogP contribution in [-0.4, -0.2) is 46.1 Å². The summed E-state index contributed by atoms with van der Waals surface area (Å²) in [5, 5.41) is 21.0. The summed E-state index contributed by atoms with van der Waals surface area (Å²) in [6.07, 6.45) is 5.28. The number of hydrogen-bond donors (Lipinski definition) is 3. The maximum Gasteiger partial charge on any atom is 0.236 e. The molecular formula is C12H21N3O3. The van der Waals surface area contributed by atoms with E-state index in [2.05, 4.69) is 5.16 Å². The Morgan fingerprint density at radius 3 is 2.39 bits per heavy atom. The Bertz CT molecular complexity index is 348. The minimum absolute atomic E-state index is 0.0148. The number of carbonyl (C=O) groups excluding carboxylic acids is 1. The second-order valence-corrected chi connectivity index (χ2v) is 5.23. The van der Waals surface area contributed by atoms with E-state index in [4.69, 9.17) is 16.0 Å². The van der Waals surface area contributed by atoms with Crippen LogP contribution >= 0.6 is 0 Å². The third-order valence-corrected chi connectivity index (χ3v) is 4.33. The number of aliphatic hydroxyl groups is 1. The fourth-order valence-corrected chi connectivity index (χ4v) is 2.74. The van der Waals surface area contributed by atoms with Gasteiger partial charge in [0.2, 0.25) is 5.91 Å². The van der Waals surface area contributed by atoms with Gasteiger partial charge in [-0.15, -0.1) is 0 Å². The van der Waals surface area contributed by atoms with Crippen LogP contribution in [-0.2, 0) is 4.79 Å². The third-order valence-electron chi connectivity index (χ3n) is 4.33. The van der Waals surface area contributed by atoms with Gasteiger partial charge in [0.25, 0.3) is 0 Å². The van der Waals surface area contributed by atoms with Gasteiger partial charge in [-0.3, -0.25) is 4.79 Å². The van der Waals surface area contributed by atoms with Gasteiger partial charge in [-0.25, -0.2) is 0 Å². The van der Waals surface area contributed by atoms with E-state index in [0.29, 0.717) is 19.4 Å². The molecule has 1 amide bonds. The topological polar surface area (TPSA) is 99.2 Å². The lowest BCUT2D eigenvalue weighted by Crippen LogP contribution is -2.59. The van der Waals surface area contributed by atoms with Crippen LogP contribution < -0.4 is 5.73 Å². The molecule has 0 heterocycles. The number of amides is 1. The molecule has 18 heavy (non-hydrogen) atoms. The standard InChI is InChI=1S/C12H21N3O3/c13-10(14-18)12(5-2-6-12)11(17)15(7-8-16)9-3-1-4-9/h9,16,18H,1-8H2,(H2,13,14). The van der Waals surface area contributed by atoms with Crippen LogP contribution in [0.5, 0.6) is 0 Å². The Morgan fingerprint density at radius 1 is 1.39 bits per heavy atom. The van der Waals surface area contributed by atoms with Crippen molar-refractivity contribution in [3.05, 3.63) is 0 Å². The Labute approximate surface area is 106 Å². The van der Waals surface area contributed by atoms with E-state index in [9.17, 15) is 4.79 Å². The van der Waals surface area contributed by atoms with Crippen molar-refractivity contribution in [1.82, 2.24) is 4.90 Å². The Kier molecular flexibility index (Phi) is 3.75. The van der Waals surface area contributed by atoms with Gasteiger partial charge in [0.1, 0.15) is 5.41 Å². The van der Waals surface area contributed by atoms with Crippen molar-refractivity contribution >= 4 is 11.7 Å². The molecule has 2 aliphatic rings. The zero-order valence-corrected chi connectivity index (χ0v) is 10.5. The number of nitrogens with zero attached hydrogens (tertiary/aromatic N) is 2. The molecule has 4 N–H and O–H groups in total. The van der Waals surface area contributed by atoms with E-state index in [-0.39, 0.29) is 24.4 Å². The Morgan fingerprint density at radius 2 is 2.06 bits per heavy atom. The molecule has 0 saturated heterocycles. The average Bonchev–Trinajstić information content (AvgIpc) is 2.24. The summed E-state index contributed by atoms with van der Waals surface area (Å²) < 4.78 is 0. The minimum Gasteiger partial charge on any atom is -0.409 e. The maximum absolute atomic E-state index is 12.6. The normalized spacial score (nSPS) is 23.1. The van der Waals surface area contributed by atoms with Crippen LogP contribution in [0.3, 0.4) is 0 Å². The number of aliphatic hydroxyl groups excluding tert-OH is 1. The van der Waals surface area contributed by atoms with Gasteiger partial charge in [-0.1, -0.05) is 11.6 Å². The number of rotatable bonds is 5. The third kappa shape index (κ3) is 1.94. The quantitative estimate of drug-likeness (QED) is 0.284. The molecule has 6 heteroatoms. The van der Waals surface area contributed by atoms with Crippen molar-refractivity contribution < 1.29 is 15.1 Å². The number of amidine groups is 1. The zero-order valence-electron chi connectivity index (χ0n) is 10.5. The van der Waals surface area contributed by atoms with E-state index in [1.54, 1.807) is 4.90 Å². The van der Waals surface area contributed by atoms with Crippen LogP contribution in [0.2, 0.25) is 0 Å². The molecule has 0 aromatic carbocycles. The van der Waals surface area contributed by atoms with E-state index >= 15 is 0 Å². The second kappa shape index (κ2) is 5.14. The van der Waals surface area contributed by atoms with E-state index < -0.39 is 5.41 Å². The molecule has 2 fully saturated rings. The minimum atomic E-state index is -0.820. The summed E-state index contributed by atoms with van der Waals surface area (Å²) in [7, 11) is 0. The van der Waals surface area contributed by atoms with Gasteiger partial charge in [0.15, 0.2) is 5.84 Å². The highest BCUT2D eigenvalue weighted by atomic mass is 16.4. The first-order valence-electron chi connectivity index (χ1n) is 6.55. The highest BCUT2D eigenvalue weighted by Crippen LogP contribution is 2.44. The molecule has 0 bridgehead atoms. The summed E-state index contributed by atoms with van der Waals surface area (Å²) in [4.78, 5) is 14.3. The summed E-state index contributed by atoms with van der Waals surface area (Å²) in [6.45, 7) is 0.290. The molecule has 0 radical (unpaired) electrons. The van der Waals surface area contributed by atoms with Gasteiger partial charge in [0.05, 0.1) is 6.61 Å². The van der Waals surface area contributed by atoms with Gasteiger partial charge >= 0.3 is 0 Å². The van der Waals surface area contributed by atoms with Crippen molar-refractivity contribution in [2.45, 2.75) is 44.6 Å². The Hall–Kier alpha value is -1.30. The first-order valence-corrected chi connectivity index (χ1v) is 6.55. The lowest BCUT2D eigenvalue weighted by molar-refractivity contribution is -0.147.